The second-order valence-corrected chi connectivity index (χ2v) is 8.02. The van der Waals surface area contributed by atoms with E-state index in [4.69, 9.17) is 4.74 Å². The van der Waals surface area contributed by atoms with Crippen molar-refractivity contribution >= 4 is 17.7 Å². The van der Waals surface area contributed by atoms with Crippen molar-refractivity contribution in [3.8, 4) is 11.4 Å². The first-order chi connectivity index (χ1) is 14.2. The van der Waals surface area contributed by atoms with Crippen molar-refractivity contribution < 1.29 is 9.53 Å². The van der Waals surface area contributed by atoms with Crippen LogP contribution < -0.4 is 4.74 Å². The van der Waals surface area contributed by atoms with Gasteiger partial charge in [0.05, 0.1) is 12.9 Å². The van der Waals surface area contributed by atoms with Gasteiger partial charge in [-0.2, -0.15) is 4.68 Å². The Morgan fingerprint density at radius 1 is 1.24 bits per heavy atom. The Balaban J connectivity index is 1.48. The third-order valence-electron chi connectivity index (χ3n) is 4.83. The molecule has 4 rings (SSSR count). The summed E-state index contributed by atoms with van der Waals surface area (Å²) in [5.41, 5.74) is 2.98. The van der Waals surface area contributed by atoms with Gasteiger partial charge in [-0.05, 0) is 53.5 Å². The van der Waals surface area contributed by atoms with E-state index >= 15 is 0 Å². The van der Waals surface area contributed by atoms with E-state index in [2.05, 4.69) is 27.7 Å². The molecule has 3 aromatic rings. The molecule has 1 amide bonds. The average Bonchev–Trinajstić information content (AvgIpc) is 3.48. The molecule has 29 heavy (non-hydrogen) atoms. The maximum Gasteiger partial charge on any atom is 0.233 e. The topological polar surface area (TPSA) is 73.1 Å². The number of aromatic nitrogens is 4. The first kappa shape index (κ1) is 19.4. The molecular weight excluding hydrogens is 386 g/mol. The SMILES string of the molecule is COc1ccc(C)cc1-n1nnnc1SCC(=O)N(Cc1ccccc1)C1CC1. The van der Waals surface area contributed by atoms with Gasteiger partial charge in [0.2, 0.25) is 11.1 Å². The van der Waals surface area contributed by atoms with Gasteiger partial charge in [0.1, 0.15) is 11.4 Å². The van der Waals surface area contributed by atoms with Gasteiger partial charge in [0.25, 0.3) is 0 Å². The van der Waals surface area contributed by atoms with Crippen LogP contribution in [0.4, 0.5) is 0 Å². The van der Waals surface area contributed by atoms with E-state index in [-0.39, 0.29) is 11.7 Å². The Labute approximate surface area is 174 Å². The molecule has 1 aromatic heterocycles. The molecule has 0 aliphatic heterocycles. The molecule has 0 atom stereocenters. The molecule has 2 aromatic carbocycles. The molecule has 150 valence electrons. The van der Waals surface area contributed by atoms with Crippen LogP contribution >= 0.6 is 11.8 Å². The van der Waals surface area contributed by atoms with Gasteiger partial charge in [-0.25, -0.2) is 0 Å². The van der Waals surface area contributed by atoms with Crippen LogP contribution in [0.25, 0.3) is 5.69 Å². The van der Waals surface area contributed by atoms with Gasteiger partial charge >= 0.3 is 0 Å². The number of thioether (sulfide) groups is 1. The molecule has 0 bridgehead atoms. The molecule has 0 unspecified atom stereocenters. The third kappa shape index (κ3) is 4.59. The maximum atomic E-state index is 13.0. The lowest BCUT2D eigenvalue weighted by Crippen LogP contribution is -2.34. The lowest BCUT2D eigenvalue weighted by atomic mass is 10.2. The number of nitrogens with zero attached hydrogens (tertiary/aromatic N) is 5. The van der Waals surface area contributed by atoms with Crippen molar-refractivity contribution in [3.05, 3.63) is 59.7 Å². The summed E-state index contributed by atoms with van der Waals surface area (Å²) in [5, 5.41) is 12.6. The molecule has 1 heterocycles. The predicted octanol–water partition coefficient (Wildman–Crippen LogP) is 3.26. The fourth-order valence-corrected chi connectivity index (χ4v) is 3.95. The minimum Gasteiger partial charge on any atom is -0.494 e. The largest absolute Gasteiger partial charge is 0.494 e. The molecule has 0 saturated heterocycles. The number of hydrogen-bond acceptors (Lipinski definition) is 6. The second kappa shape index (κ2) is 8.65. The summed E-state index contributed by atoms with van der Waals surface area (Å²) in [5.74, 6) is 1.07. The number of hydrogen-bond donors (Lipinski definition) is 0. The van der Waals surface area contributed by atoms with E-state index in [9.17, 15) is 4.79 Å². The average molecular weight is 410 g/mol. The highest BCUT2D eigenvalue weighted by Gasteiger charge is 2.32. The second-order valence-electron chi connectivity index (χ2n) is 7.08. The third-order valence-corrected chi connectivity index (χ3v) is 5.74. The predicted molar refractivity (Wildman–Crippen MR) is 111 cm³/mol. The van der Waals surface area contributed by atoms with E-state index in [1.807, 2.05) is 48.2 Å². The summed E-state index contributed by atoms with van der Waals surface area (Å²) in [6.45, 7) is 2.64. The van der Waals surface area contributed by atoms with Crippen LogP contribution in [-0.4, -0.2) is 49.9 Å². The zero-order chi connectivity index (χ0) is 20.2. The number of rotatable bonds is 8. The van der Waals surface area contributed by atoms with Gasteiger partial charge in [0, 0.05) is 12.6 Å². The van der Waals surface area contributed by atoms with Gasteiger partial charge in [0.15, 0.2) is 0 Å². The number of carbonyl (C=O) groups excluding carboxylic acids is 1. The van der Waals surface area contributed by atoms with Gasteiger partial charge in [-0.1, -0.05) is 48.2 Å². The summed E-state index contributed by atoms with van der Waals surface area (Å²) in [4.78, 5) is 14.9. The van der Waals surface area contributed by atoms with Crippen molar-refractivity contribution in [3.63, 3.8) is 0 Å². The number of carbonyl (C=O) groups is 1. The molecule has 0 N–H and O–H groups in total. The van der Waals surface area contributed by atoms with Gasteiger partial charge < -0.3 is 9.64 Å². The highest BCUT2D eigenvalue weighted by molar-refractivity contribution is 7.99. The van der Waals surface area contributed by atoms with Crippen LogP contribution in [0.3, 0.4) is 0 Å². The van der Waals surface area contributed by atoms with Gasteiger partial charge in [-0.3, -0.25) is 4.79 Å². The Kier molecular flexibility index (Phi) is 5.80. The first-order valence-electron chi connectivity index (χ1n) is 9.55. The summed E-state index contributed by atoms with van der Waals surface area (Å²) >= 11 is 1.35. The number of tetrazole rings is 1. The zero-order valence-electron chi connectivity index (χ0n) is 16.5. The molecule has 7 nitrogen and oxygen atoms in total. The molecular formula is C21H23N5O2S. The molecule has 0 spiro atoms. The quantitative estimate of drug-likeness (QED) is 0.532. The van der Waals surface area contributed by atoms with Crippen LogP contribution in [0.1, 0.15) is 24.0 Å². The fraction of sp³-hybridized carbons (Fsp3) is 0.333. The zero-order valence-corrected chi connectivity index (χ0v) is 17.3. The van der Waals surface area contributed by atoms with Crippen molar-refractivity contribution in [1.29, 1.82) is 0 Å². The van der Waals surface area contributed by atoms with Crippen LogP contribution in [0.15, 0.2) is 53.7 Å². The normalized spacial score (nSPS) is 13.3. The number of ether oxygens (including phenoxy) is 1. The molecule has 1 aliphatic rings. The van der Waals surface area contributed by atoms with Crippen molar-refractivity contribution in [1.82, 2.24) is 25.1 Å². The molecule has 0 radical (unpaired) electrons. The van der Waals surface area contributed by atoms with E-state index < -0.39 is 0 Å². The van der Waals surface area contributed by atoms with Crippen LogP contribution in [-0.2, 0) is 11.3 Å². The van der Waals surface area contributed by atoms with E-state index in [0.29, 0.717) is 23.5 Å². The Hall–Kier alpha value is -2.87. The van der Waals surface area contributed by atoms with E-state index in [0.717, 1.165) is 29.7 Å². The first-order valence-corrected chi connectivity index (χ1v) is 10.5. The lowest BCUT2D eigenvalue weighted by molar-refractivity contribution is -0.129. The minimum atomic E-state index is 0.104. The summed E-state index contributed by atoms with van der Waals surface area (Å²) in [6, 6.07) is 16.3. The summed E-state index contributed by atoms with van der Waals surface area (Å²) in [7, 11) is 1.62. The Bertz CT molecular complexity index is 988. The number of methoxy groups -OCH3 is 1. The van der Waals surface area contributed by atoms with Gasteiger partial charge in [-0.15, -0.1) is 5.10 Å². The number of aryl methyl sites for hydroxylation is 1. The summed E-state index contributed by atoms with van der Waals surface area (Å²) < 4.78 is 7.08. The maximum absolute atomic E-state index is 13.0. The van der Waals surface area contributed by atoms with E-state index in [1.54, 1.807) is 11.8 Å². The van der Waals surface area contributed by atoms with Crippen molar-refractivity contribution in [2.75, 3.05) is 12.9 Å². The fourth-order valence-electron chi connectivity index (χ4n) is 3.18. The van der Waals surface area contributed by atoms with Crippen molar-refractivity contribution in [2.45, 2.75) is 37.5 Å². The minimum absolute atomic E-state index is 0.104. The number of benzene rings is 2. The molecule has 1 aliphatic carbocycles. The molecule has 8 heteroatoms. The van der Waals surface area contributed by atoms with Crippen LogP contribution in [0.5, 0.6) is 5.75 Å². The highest BCUT2D eigenvalue weighted by Crippen LogP contribution is 2.31. The Morgan fingerprint density at radius 3 is 2.76 bits per heavy atom. The van der Waals surface area contributed by atoms with Crippen LogP contribution in [0, 0.1) is 6.92 Å². The summed E-state index contributed by atoms with van der Waals surface area (Å²) in [6.07, 6.45) is 2.14. The Morgan fingerprint density at radius 2 is 2.03 bits per heavy atom. The highest BCUT2D eigenvalue weighted by atomic mass is 32.2. The standard InChI is InChI=1S/C21H23N5O2S/c1-15-8-11-19(28-2)18(12-15)26-21(22-23-24-26)29-14-20(27)25(17-9-10-17)13-16-6-4-3-5-7-16/h3-8,11-12,17H,9-10,13-14H2,1-2H3. The van der Waals surface area contributed by atoms with Crippen LogP contribution in [0.2, 0.25) is 0 Å². The lowest BCUT2D eigenvalue weighted by Gasteiger charge is -2.22. The number of amides is 1. The molecule has 1 fully saturated rings. The van der Waals surface area contributed by atoms with Crippen molar-refractivity contribution in [2.24, 2.45) is 0 Å². The molecule has 1 saturated carbocycles. The van der Waals surface area contributed by atoms with E-state index in [1.165, 1.54) is 11.8 Å². The monoisotopic (exact) mass is 409 g/mol. The smallest absolute Gasteiger partial charge is 0.233 e.